The first-order chi connectivity index (χ1) is 13.5. The van der Waals surface area contributed by atoms with Crippen LogP contribution in [0.2, 0.25) is 5.02 Å². The topological polar surface area (TPSA) is 55.8 Å². The maximum Gasteiger partial charge on any atom is 0.340 e. The smallest absolute Gasteiger partial charge is 0.340 e. The fourth-order valence-corrected chi connectivity index (χ4v) is 3.33. The maximum absolute atomic E-state index is 13.3. The Morgan fingerprint density at radius 3 is 2.61 bits per heavy atom. The standard InChI is InChI=1S/C22H20ClNO4/c1-4-28-19-11-6-5-8-15(19)12-18-20(22(26)27-3)14(2)24(21(18)25)17-10-7-9-16(23)13-17/h5-13H,4H2,1-3H3/b18-12-. The highest BCUT2D eigenvalue weighted by Crippen LogP contribution is 2.37. The van der Waals surface area contributed by atoms with E-state index in [-0.39, 0.29) is 17.1 Å². The summed E-state index contributed by atoms with van der Waals surface area (Å²) in [5.41, 5.74) is 2.24. The Labute approximate surface area is 168 Å². The molecule has 1 heterocycles. The van der Waals surface area contributed by atoms with E-state index in [1.807, 2.05) is 31.2 Å². The van der Waals surface area contributed by atoms with Crippen molar-refractivity contribution in [1.82, 2.24) is 0 Å². The van der Waals surface area contributed by atoms with Crippen molar-refractivity contribution >= 4 is 35.2 Å². The molecular formula is C22H20ClNO4. The molecule has 144 valence electrons. The zero-order valence-corrected chi connectivity index (χ0v) is 16.6. The number of methoxy groups -OCH3 is 1. The van der Waals surface area contributed by atoms with Crippen molar-refractivity contribution in [2.45, 2.75) is 13.8 Å². The summed E-state index contributed by atoms with van der Waals surface area (Å²) in [6.45, 7) is 4.08. The summed E-state index contributed by atoms with van der Waals surface area (Å²) in [4.78, 5) is 27.2. The molecule has 6 heteroatoms. The summed E-state index contributed by atoms with van der Waals surface area (Å²) < 4.78 is 10.6. The van der Waals surface area contributed by atoms with E-state index >= 15 is 0 Å². The number of allylic oxidation sites excluding steroid dienone is 1. The Kier molecular flexibility index (Phi) is 5.85. The van der Waals surface area contributed by atoms with Gasteiger partial charge in [0.25, 0.3) is 5.91 Å². The van der Waals surface area contributed by atoms with Crippen LogP contribution in [0.4, 0.5) is 5.69 Å². The Bertz CT molecular complexity index is 994. The number of para-hydroxylation sites is 1. The third kappa shape index (κ3) is 3.66. The van der Waals surface area contributed by atoms with E-state index < -0.39 is 5.97 Å². The number of carbonyl (C=O) groups is 2. The van der Waals surface area contributed by atoms with Crippen molar-refractivity contribution < 1.29 is 19.1 Å². The van der Waals surface area contributed by atoms with Gasteiger partial charge < -0.3 is 9.47 Å². The van der Waals surface area contributed by atoms with Crippen LogP contribution in [0.5, 0.6) is 5.75 Å². The number of benzene rings is 2. The number of anilines is 1. The molecule has 0 N–H and O–H groups in total. The van der Waals surface area contributed by atoms with E-state index in [2.05, 4.69) is 0 Å². The van der Waals surface area contributed by atoms with E-state index in [4.69, 9.17) is 21.1 Å². The zero-order valence-electron chi connectivity index (χ0n) is 15.9. The lowest BCUT2D eigenvalue weighted by molar-refractivity contribution is -0.136. The third-order valence-corrected chi connectivity index (χ3v) is 4.61. The SMILES string of the molecule is CCOc1ccccc1/C=C1\C(=O)N(c2cccc(Cl)c2)C(C)=C1C(=O)OC. The van der Waals surface area contributed by atoms with Crippen LogP contribution in [0.1, 0.15) is 19.4 Å². The fourth-order valence-electron chi connectivity index (χ4n) is 3.15. The van der Waals surface area contributed by atoms with Crippen LogP contribution in [0.25, 0.3) is 6.08 Å². The molecule has 2 aromatic carbocycles. The van der Waals surface area contributed by atoms with Crippen LogP contribution < -0.4 is 9.64 Å². The van der Waals surface area contributed by atoms with Gasteiger partial charge in [0.1, 0.15) is 5.75 Å². The van der Waals surface area contributed by atoms with E-state index in [1.165, 1.54) is 12.0 Å². The van der Waals surface area contributed by atoms with Gasteiger partial charge in [0, 0.05) is 16.3 Å². The highest BCUT2D eigenvalue weighted by molar-refractivity contribution is 6.31. The summed E-state index contributed by atoms with van der Waals surface area (Å²) in [7, 11) is 1.29. The molecule has 1 aliphatic rings. The third-order valence-electron chi connectivity index (χ3n) is 4.37. The van der Waals surface area contributed by atoms with Gasteiger partial charge in [0.2, 0.25) is 0 Å². The van der Waals surface area contributed by atoms with Crippen molar-refractivity contribution in [3.63, 3.8) is 0 Å². The molecule has 0 aromatic heterocycles. The molecule has 0 atom stereocenters. The second-order valence-electron chi connectivity index (χ2n) is 6.10. The van der Waals surface area contributed by atoms with Crippen LogP contribution in [0.3, 0.4) is 0 Å². The van der Waals surface area contributed by atoms with Gasteiger partial charge in [-0.2, -0.15) is 0 Å². The molecule has 0 radical (unpaired) electrons. The molecule has 2 aromatic rings. The second-order valence-corrected chi connectivity index (χ2v) is 6.54. The first-order valence-corrected chi connectivity index (χ1v) is 9.18. The van der Waals surface area contributed by atoms with Crippen molar-refractivity contribution in [2.24, 2.45) is 0 Å². The number of amides is 1. The normalized spacial score (nSPS) is 15.4. The molecule has 1 aliphatic heterocycles. The summed E-state index contributed by atoms with van der Waals surface area (Å²) in [6, 6.07) is 14.3. The van der Waals surface area contributed by atoms with Gasteiger partial charge in [-0.05, 0) is 44.2 Å². The maximum atomic E-state index is 13.3. The number of esters is 1. The lowest BCUT2D eigenvalue weighted by atomic mass is 10.0. The molecule has 3 rings (SSSR count). The summed E-state index contributed by atoms with van der Waals surface area (Å²) in [5, 5.41) is 0.497. The van der Waals surface area contributed by atoms with Gasteiger partial charge in [-0.1, -0.05) is 35.9 Å². The van der Waals surface area contributed by atoms with E-state index in [0.717, 1.165) is 0 Å². The van der Waals surface area contributed by atoms with Gasteiger partial charge in [-0.3, -0.25) is 9.69 Å². The minimum atomic E-state index is -0.574. The van der Waals surface area contributed by atoms with Crippen LogP contribution in [0, 0.1) is 0 Å². The molecular weight excluding hydrogens is 378 g/mol. The van der Waals surface area contributed by atoms with Crippen molar-refractivity contribution in [2.75, 3.05) is 18.6 Å². The zero-order chi connectivity index (χ0) is 20.3. The van der Waals surface area contributed by atoms with E-state index in [9.17, 15) is 9.59 Å². The Morgan fingerprint density at radius 2 is 1.93 bits per heavy atom. The quantitative estimate of drug-likeness (QED) is 0.545. The summed E-state index contributed by atoms with van der Waals surface area (Å²) in [5.74, 6) is -0.268. The molecule has 0 spiro atoms. The first-order valence-electron chi connectivity index (χ1n) is 8.81. The van der Waals surface area contributed by atoms with Crippen LogP contribution in [0.15, 0.2) is 65.4 Å². The van der Waals surface area contributed by atoms with E-state index in [0.29, 0.717) is 34.3 Å². The van der Waals surface area contributed by atoms with Crippen molar-refractivity contribution in [3.05, 3.63) is 76.0 Å². The average molecular weight is 398 g/mol. The van der Waals surface area contributed by atoms with Gasteiger partial charge in [-0.15, -0.1) is 0 Å². The average Bonchev–Trinajstić information content (AvgIpc) is 2.93. The largest absolute Gasteiger partial charge is 0.493 e. The minimum absolute atomic E-state index is 0.221. The molecule has 1 amide bonds. The van der Waals surface area contributed by atoms with E-state index in [1.54, 1.807) is 37.3 Å². The van der Waals surface area contributed by atoms with Gasteiger partial charge >= 0.3 is 5.97 Å². The summed E-state index contributed by atoms with van der Waals surface area (Å²) in [6.07, 6.45) is 1.66. The number of carbonyl (C=O) groups excluding carboxylic acids is 2. The molecule has 0 saturated heterocycles. The molecule has 0 bridgehead atoms. The van der Waals surface area contributed by atoms with Gasteiger partial charge in [0.15, 0.2) is 0 Å². The van der Waals surface area contributed by atoms with Crippen LogP contribution >= 0.6 is 11.6 Å². The Hall–Kier alpha value is -3.05. The highest BCUT2D eigenvalue weighted by Gasteiger charge is 2.38. The number of ether oxygens (including phenoxy) is 2. The predicted molar refractivity (Wildman–Crippen MR) is 109 cm³/mol. The van der Waals surface area contributed by atoms with Crippen LogP contribution in [-0.4, -0.2) is 25.6 Å². The number of rotatable bonds is 5. The predicted octanol–water partition coefficient (Wildman–Crippen LogP) is 4.62. The second kappa shape index (κ2) is 8.31. The van der Waals surface area contributed by atoms with Crippen molar-refractivity contribution in [3.8, 4) is 5.75 Å². The Balaban J connectivity index is 2.16. The summed E-state index contributed by atoms with van der Waals surface area (Å²) >= 11 is 6.09. The van der Waals surface area contributed by atoms with Gasteiger partial charge in [-0.25, -0.2) is 4.79 Å². The van der Waals surface area contributed by atoms with Crippen LogP contribution in [-0.2, 0) is 14.3 Å². The van der Waals surface area contributed by atoms with Gasteiger partial charge in [0.05, 0.1) is 30.6 Å². The highest BCUT2D eigenvalue weighted by atomic mass is 35.5. The van der Waals surface area contributed by atoms with Crippen molar-refractivity contribution in [1.29, 1.82) is 0 Å². The molecule has 0 saturated carbocycles. The lowest BCUT2D eigenvalue weighted by Crippen LogP contribution is -2.24. The molecule has 28 heavy (non-hydrogen) atoms. The molecule has 0 aliphatic carbocycles. The number of halogens is 1. The molecule has 0 unspecified atom stereocenters. The Morgan fingerprint density at radius 1 is 1.18 bits per heavy atom. The monoisotopic (exact) mass is 397 g/mol. The molecule has 0 fully saturated rings. The fraction of sp³-hybridized carbons (Fsp3) is 0.182. The molecule has 5 nitrogen and oxygen atoms in total. The minimum Gasteiger partial charge on any atom is -0.493 e. The number of nitrogens with zero attached hydrogens (tertiary/aromatic N) is 1. The number of hydrogen-bond acceptors (Lipinski definition) is 4. The first kappa shape index (κ1) is 19.7. The lowest BCUT2D eigenvalue weighted by Gasteiger charge is -2.18. The number of hydrogen-bond donors (Lipinski definition) is 0.